The van der Waals surface area contributed by atoms with E-state index in [-0.39, 0.29) is 65.3 Å². The normalized spacial score (nSPS) is 4.00. The predicted molar refractivity (Wildman–Crippen MR) is 26.5 cm³/mol. The van der Waals surface area contributed by atoms with Crippen molar-refractivity contribution < 1.29 is 20.7 Å². The van der Waals surface area contributed by atoms with Crippen LogP contribution in [0.2, 0.25) is 0 Å². The molecule has 0 atom stereocenters. The summed E-state index contributed by atoms with van der Waals surface area (Å²) in [5.74, 6) is 0. The molecule has 0 aliphatic rings. The van der Waals surface area contributed by atoms with Gasteiger partial charge in [0.2, 0.25) is 0 Å². The van der Waals surface area contributed by atoms with Gasteiger partial charge < -0.3 is 13.1 Å². The van der Waals surface area contributed by atoms with Crippen LogP contribution in [-0.4, -0.2) is 78.8 Å². The number of hydrogen-bond donors (Lipinski definition) is 2. The summed E-state index contributed by atoms with van der Waals surface area (Å²) in [4.78, 5) is 8.56. The van der Waals surface area contributed by atoms with Gasteiger partial charge in [-0.3, -0.25) is 0 Å². The molecule has 0 bridgehead atoms. The number of carboxylic acid groups (broad SMARTS) is 2. The van der Waals surface area contributed by atoms with Crippen molar-refractivity contribution in [3.8, 4) is 0 Å². The van der Waals surface area contributed by atoms with E-state index in [1.165, 1.54) is 0 Å². The van der Waals surface area contributed by atoms with E-state index in [1.54, 1.807) is 0 Å². The molecule has 0 aliphatic heterocycles. The van der Waals surface area contributed by atoms with Crippen molar-refractivity contribution in [2.75, 3.05) is 0 Å². The fourth-order valence-electron chi connectivity index (χ4n) is 0. The summed E-state index contributed by atoms with van der Waals surface area (Å²) in [6.07, 6.45) is -1.83. The van der Waals surface area contributed by atoms with Gasteiger partial charge in [0.05, 0.1) is 0 Å². The minimum absolute atomic E-state index is 0. The second-order valence-electron chi connectivity index (χ2n) is 0.283. The Labute approximate surface area is 88.2 Å². The van der Waals surface area contributed by atoms with Crippen molar-refractivity contribution in [2.24, 2.45) is 0 Å². The molecular formula is CH5BiCaO4. The molecule has 0 rings (SSSR count). The van der Waals surface area contributed by atoms with Gasteiger partial charge in [-0.2, -0.15) is 0 Å². The fraction of sp³-hybridized carbons (Fsp3) is 0. The Balaban J connectivity index is -0.00000000990. The monoisotopic (exact) mass is 330 g/mol. The summed E-state index contributed by atoms with van der Waals surface area (Å²) < 4.78 is 8.39. The van der Waals surface area contributed by atoms with Crippen LogP contribution in [0.25, 0.3) is 0 Å². The molecule has 0 aromatic rings. The Bertz CT molecular complexity index is 49.8. The van der Waals surface area contributed by atoms with Gasteiger partial charge in [-0.1, -0.05) is 0 Å². The molecule has 0 radical (unpaired) electrons. The molecule has 2 N–H and O–H groups in total. The van der Waals surface area contributed by atoms with Crippen molar-refractivity contribution in [1.82, 2.24) is 0 Å². The van der Waals surface area contributed by atoms with Crippen LogP contribution < -0.4 is 0 Å². The summed E-state index contributed by atoms with van der Waals surface area (Å²) in [7, 11) is 0. The van der Waals surface area contributed by atoms with Crippen LogP contribution in [0.3, 0.4) is 0 Å². The van der Waals surface area contributed by atoms with E-state index in [2.05, 4.69) is 0 Å². The molecule has 0 aromatic carbocycles. The van der Waals surface area contributed by atoms with E-state index in [9.17, 15) is 0 Å². The Morgan fingerprint density at radius 1 is 1.43 bits per heavy atom. The summed E-state index contributed by atoms with van der Waals surface area (Å²) in [5, 5.41) is 13.9. The number of rotatable bonds is 0. The summed E-state index contributed by atoms with van der Waals surface area (Å²) in [5.41, 5.74) is 0. The second-order valence-corrected chi connectivity index (χ2v) is 0.283. The van der Waals surface area contributed by atoms with Crippen molar-refractivity contribution in [3.05, 3.63) is 0 Å². The van der Waals surface area contributed by atoms with Gasteiger partial charge in [-0.05, 0) is 0 Å². The third-order valence-corrected chi connectivity index (χ3v) is 0. The molecular weight excluding hydrogens is 325 g/mol. The topological polar surface area (TPSA) is 74.6 Å². The molecule has 0 fully saturated rings. The van der Waals surface area contributed by atoms with Crippen LogP contribution in [0.4, 0.5) is 4.79 Å². The summed E-state index contributed by atoms with van der Waals surface area (Å²) in [6.45, 7) is 0. The van der Waals surface area contributed by atoms with Gasteiger partial charge in [0.15, 0.2) is 0 Å². The first-order valence-corrected chi connectivity index (χ1v) is 2.44. The molecule has 0 spiro atoms. The van der Waals surface area contributed by atoms with Crippen molar-refractivity contribution in [1.29, 1.82) is 0 Å². The third-order valence-electron chi connectivity index (χ3n) is 0. The van der Waals surface area contributed by atoms with Crippen LogP contribution in [0.1, 0.15) is 2.85 Å². The van der Waals surface area contributed by atoms with E-state index >= 15 is 0 Å². The van der Waals surface area contributed by atoms with Crippen molar-refractivity contribution >= 4 is 68.6 Å². The fourth-order valence-corrected chi connectivity index (χ4v) is 0. The molecule has 0 aliphatic carbocycles. The molecule has 7 heavy (non-hydrogen) atoms. The molecule has 0 amide bonds. The predicted octanol–water partition coefficient (Wildman–Crippen LogP) is -0.701. The summed E-state index contributed by atoms with van der Waals surface area (Å²) >= 11 is 0.0556. The molecule has 6 heteroatoms. The first-order valence-electron chi connectivity index (χ1n) is 0.855. The number of hydrogen-bond acceptors (Lipinski definition) is 2. The average molecular weight is 330 g/mol. The average Bonchev–Trinajstić information content (AvgIpc) is 1.41. The molecule has 4 nitrogen and oxygen atoms in total. The molecule has 0 saturated carbocycles. The van der Waals surface area contributed by atoms with Crippen LogP contribution in [0.15, 0.2) is 0 Å². The van der Waals surface area contributed by atoms with Crippen LogP contribution in [0, 0.1) is 0 Å². The van der Waals surface area contributed by atoms with E-state index in [0.29, 0.717) is 0 Å². The van der Waals surface area contributed by atoms with Gasteiger partial charge in [-0.25, -0.2) is 4.79 Å². The van der Waals surface area contributed by atoms with Crippen LogP contribution in [0.5, 0.6) is 0 Å². The molecule has 0 unspecified atom stereocenters. The van der Waals surface area contributed by atoms with Gasteiger partial charge in [-0.15, -0.1) is 0 Å². The second kappa shape index (κ2) is 15.7. The van der Waals surface area contributed by atoms with Gasteiger partial charge >= 0.3 is 71.4 Å². The minimum atomic E-state index is -1.83. The Morgan fingerprint density at radius 3 is 1.43 bits per heavy atom. The van der Waals surface area contributed by atoms with Crippen molar-refractivity contribution in [2.45, 2.75) is 0 Å². The zero-order valence-corrected chi connectivity index (χ0v) is 9.51. The quantitative estimate of drug-likeness (QED) is 0.576. The molecule has 0 aromatic heterocycles. The Hall–Kier alpha value is 1.21. The third kappa shape index (κ3) is 133. The first-order chi connectivity index (χ1) is 2.73. The van der Waals surface area contributed by atoms with E-state index in [4.69, 9.17) is 17.8 Å². The maximum atomic E-state index is 8.56. The van der Waals surface area contributed by atoms with Crippen LogP contribution in [-0.2, 0) is 2.81 Å². The van der Waals surface area contributed by atoms with E-state index in [0.717, 1.165) is 0 Å². The molecule has 0 heterocycles. The standard InChI is InChI=1S/CH2O3.Bi.Ca.O.3H/c2-1(3)4;;;;;;/h(H2,2,3,4);;;;;;/q;;+2;;;2*-1. The van der Waals surface area contributed by atoms with Gasteiger partial charge in [0, 0.05) is 0 Å². The zero-order valence-electron chi connectivity index (χ0n) is 5.42. The number of carbonyl (C=O) groups is 1. The molecule has 0 saturated heterocycles. The SMILES string of the molecule is O=C(O)O.[Ca+2].[H-].[H-].[O]=[BiH]. The summed E-state index contributed by atoms with van der Waals surface area (Å²) in [6, 6.07) is 0. The Kier molecular flexibility index (Phi) is 35.2. The van der Waals surface area contributed by atoms with Gasteiger partial charge in [0.25, 0.3) is 0 Å². The van der Waals surface area contributed by atoms with E-state index < -0.39 is 6.16 Å². The van der Waals surface area contributed by atoms with Gasteiger partial charge in [0.1, 0.15) is 0 Å². The van der Waals surface area contributed by atoms with E-state index in [1.807, 2.05) is 0 Å². The maximum absolute atomic E-state index is 8.56. The van der Waals surface area contributed by atoms with Crippen LogP contribution >= 0.6 is 0 Å². The molecule has 40 valence electrons. The Morgan fingerprint density at radius 2 is 1.43 bits per heavy atom. The van der Waals surface area contributed by atoms with Crippen molar-refractivity contribution in [3.63, 3.8) is 0 Å². The first kappa shape index (κ1) is 15.7. The zero-order chi connectivity index (χ0) is 5.58.